The number of para-hydroxylation sites is 1. The molecule has 1 amide bonds. The summed E-state index contributed by atoms with van der Waals surface area (Å²) in [5.74, 6) is 4.71. The van der Waals surface area contributed by atoms with Crippen molar-refractivity contribution < 1.29 is 14.5 Å². The van der Waals surface area contributed by atoms with E-state index in [1.54, 1.807) is 24.4 Å². The van der Waals surface area contributed by atoms with Gasteiger partial charge in [0, 0.05) is 11.4 Å². The highest BCUT2D eigenvalue weighted by Crippen LogP contribution is 2.30. The topological polar surface area (TPSA) is 120 Å². The van der Waals surface area contributed by atoms with Crippen LogP contribution < -0.4 is 16.0 Å². The van der Waals surface area contributed by atoms with Gasteiger partial charge in [-0.2, -0.15) is 0 Å². The quantitative estimate of drug-likeness (QED) is 0.374. The molecule has 0 saturated carbocycles. The number of nitrogens with two attached hydrogens (primary N) is 1. The first-order chi connectivity index (χ1) is 10.0. The van der Waals surface area contributed by atoms with Gasteiger partial charge in [-0.05, 0) is 12.5 Å². The maximum absolute atomic E-state index is 11.3. The number of benzene rings is 1. The summed E-state index contributed by atoms with van der Waals surface area (Å²) in [6, 6.07) is 4.68. The number of aromatic nitrogens is 1. The zero-order valence-corrected chi connectivity index (χ0v) is 11.8. The van der Waals surface area contributed by atoms with Gasteiger partial charge in [0.15, 0.2) is 10.8 Å². The first-order valence-electron chi connectivity index (χ1n) is 5.85. The van der Waals surface area contributed by atoms with Crippen LogP contribution in [0, 0.1) is 17.0 Å². The Morgan fingerprint density at radius 3 is 3.00 bits per heavy atom. The van der Waals surface area contributed by atoms with Crippen LogP contribution in [0.5, 0.6) is 5.75 Å². The van der Waals surface area contributed by atoms with Crippen LogP contribution in [0.1, 0.15) is 21.1 Å². The van der Waals surface area contributed by atoms with E-state index in [1.165, 1.54) is 6.07 Å². The van der Waals surface area contributed by atoms with Crippen molar-refractivity contribution in [2.75, 3.05) is 0 Å². The molecular formula is C12H12N4O4S. The summed E-state index contributed by atoms with van der Waals surface area (Å²) in [7, 11) is 0. The Hall–Kier alpha value is -2.52. The molecule has 21 heavy (non-hydrogen) atoms. The molecule has 0 atom stereocenters. The molecule has 0 bridgehead atoms. The molecule has 1 aromatic carbocycles. The number of aryl methyl sites for hydroxylation is 1. The number of nitrogens with one attached hydrogen (secondary N) is 1. The smallest absolute Gasteiger partial charge is 0.311 e. The third kappa shape index (κ3) is 3.33. The molecule has 9 heteroatoms. The largest absolute Gasteiger partial charge is 0.480 e. The number of amides is 1. The van der Waals surface area contributed by atoms with Crippen molar-refractivity contribution in [3.05, 3.63) is 50.0 Å². The minimum absolute atomic E-state index is 0.0278. The number of nitrogens with zero attached hydrogens (tertiary/aromatic N) is 2. The monoisotopic (exact) mass is 308 g/mol. The molecule has 0 fully saturated rings. The molecule has 0 aliphatic heterocycles. The number of nitrogen functional groups attached to an aromatic ring is 1. The number of nitro groups is 1. The summed E-state index contributed by atoms with van der Waals surface area (Å²) in [6.07, 6.45) is 0. The van der Waals surface area contributed by atoms with Crippen LogP contribution in [0.3, 0.4) is 0 Å². The van der Waals surface area contributed by atoms with Gasteiger partial charge >= 0.3 is 5.69 Å². The normalized spacial score (nSPS) is 10.2. The fourth-order valence-electron chi connectivity index (χ4n) is 1.65. The van der Waals surface area contributed by atoms with Crippen LogP contribution >= 0.6 is 11.3 Å². The molecule has 0 unspecified atom stereocenters. The second kappa shape index (κ2) is 6.29. The number of rotatable bonds is 5. The molecule has 3 N–H and O–H groups in total. The molecular weight excluding hydrogens is 296 g/mol. The van der Waals surface area contributed by atoms with Gasteiger partial charge in [0.2, 0.25) is 0 Å². The zero-order valence-electron chi connectivity index (χ0n) is 11.0. The van der Waals surface area contributed by atoms with Gasteiger partial charge in [-0.25, -0.2) is 10.8 Å². The van der Waals surface area contributed by atoms with Gasteiger partial charge in [-0.15, -0.1) is 11.3 Å². The summed E-state index contributed by atoms with van der Waals surface area (Å²) in [5.41, 5.74) is 3.02. The summed E-state index contributed by atoms with van der Waals surface area (Å²) in [5, 5.41) is 12.8. The maximum Gasteiger partial charge on any atom is 0.311 e. The molecule has 0 radical (unpaired) electrons. The highest BCUT2D eigenvalue weighted by atomic mass is 32.1. The van der Waals surface area contributed by atoms with Crippen LogP contribution in [0.4, 0.5) is 5.69 Å². The fourth-order valence-corrected chi connectivity index (χ4v) is 2.36. The fraction of sp³-hybridized carbons (Fsp3) is 0.167. The van der Waals surface area contributed by atoms with Gasteiger partial charge in [-0.1, -0.05) is 12.1 Å². The standard InChI is InChI=1S/C12H12N4O4S/c1-7-3-2-4-9(16(18)19)10(7)20-5-8-6-21-12(14-8)11(17)15-13/h2-4,6H,5,13H2,1H3,(H,15,17). The van der Waals surface area contributed by atoms with E-state index < -0.39 is 10.8 Å². The minimum Gasteiger partial charge on any atom is -0.480 e. The van der Waals surface area contributed by atoms with Crippen LogP contribution in [0.15, 0.2) is 23.6 Å². The van der Waals surface area contributed by atoms with Crippen molar-refractivity contribution in [1.82, 2.24) is 10.4 Å². The summed E-state index contributed by atoms with van der Waals surface area (Å²) >= 11 is 1.12. The van der Waals surface area contributed by atoms with Crippen molar-refractivity contribution in [3.63, 3.8) is 0 Å². The molecule has 110 valence electrons. The van der Waals surface area contributed by atoms with E-state index in [4.69, 9.17) is 10.6 Å². The third-order valence-corrected chi connectivity index (χ3v) is 3.52. The predicted molar refractivity (Wildman–Crippen MR) is 75.9 cm³/mol. The lowest BCUT2D eigenvalue weighted by Crippen LogP contribution is -2.29. The van der Waals surface area contributed by atoms with Gasteiger partial charge < -0.3 is 4.74 Å². The highest BCUT2D eigenvalue weighted by Gasteiger charge is 2.18. The highest BCUT2D eigenvalue weighted by molar-refractivity contribution is 7.11. The molecule has 1 heterocycles. The Balaban J connectivity index is 2.15. The van der Waals surface area contributed by atoms with E-state index in [0.717, 1.165) is 11.3 Å². The Morgan fingerprint density at radius 1 is 1.57 bits per heavy atom. The Labute approximate surface area is 123 Å². The predicted octanol–water partition coefficient (Wildman–Crippen LogP) is 1.54. The van der Waals surface area contributed by atoms with Crippen molar-refractivity contribution in [2.45, 2.75) is 13.5 Å². The zero-order chi connectivity index (χ0) is 15.4. The molecule has 0 aliphatic rings. The molecule has 1 aromatic heterocycles. The van der Waals surface area contributed by atoms with Crippen LogP contribution in [-0.4, -0.2) is 15.8 Å². The number of nitro benzene ring substituents is 1. The molecule has 0 saturated heterocycles. The van der Waals surface area contributed by atoms with Crippen LogP contribution in [0.2, 0.25) is 0 Å². The van der Waals surface area contributed by atoms with Gasteiger partial charge in [0.05, 0.1) is 10.6 Å². The maximum atomic E-state index is 11.3. The number of ether oxygens (including phenoxy) is 1. The van der Waals surface area contributed by atoms with Crippen LogP contribution in [-0.2, 0) is 6.61 Å². The van der Waals surface area contributed by atoms with Gasteiger partial charge in [0.1, 0.15) is 6.61 Å². The number of hydrogen-bond donors (Lipinski definition) is 2. The lowest BCUT2D eigenvalue weighted by Gasteiger charge is -2.07. The first-order valence-corrected chi connectivity index (χ1v) is 6.73. The van der Waals surface area contributed by atoms with Crippen molar-refractivity contribution in [3.8, 4) is 5.75 Å². The average molecular weight is 308 g/mol. The van der Waals surface area contributed by atoms with E-state index in [2.05, 4.69) is 4.98 Å². The van der Waals surface area contributed by atoms with Crippen LogP contribution in [0.25, 0.3) is 0 Å². The van der Waals surface area contributed by atoms with Gasteiger partial charge in [-0.3, -0.25) is 20.3 Å². The lowest BCUT2D eigenvalue weighted by atomic mass is 10.2. The van der Waals surface area contributed by atoms with Gasteiger partial charge in [0.25, 0.3) is 5.91 Å². The van der Waals surface area contributed by atoms with E-state index >= 15 is 0 Å². The minimum atomic E-state index is -0.503. The molecule has 2 rings (SSSR count). The summed E-state index contributed by atoms with van der Waals surface area (Å²) in [6.45, 7) is 1.75. The van der Waals surface area contributed by atoms with Crippen molar-refractivity contribution in [2.24, 2.45) is 5.84 Å². The second-order valence-electron chi connectivity index (χ2n) is 4.09. The number of carbonyl (C=O) groups is 1. The average Bonchev–Trinajstić information content (AvgIpc) is 2.93. The SMILES string of the molecule is Cc1cccc([N+](=O)[O-])c1OCc1csc(C(=O)NN)n1. The molecule has 0 spiro atoms. The lowest BCUT2D eigenvalue weighted by molar-refractivity contribution is -0.386. The Kier molecular flexibility index (Phi) is 4.45. The number of carbonyl (C=O) groups excluding carboxylic acids is 1. The number of hydrogen-bond acceptors (Lipinski definition) is 7. The number of hydrazine groups is 1. The van der Waals surface area contributed by atoms with Crippen molar-refractivity contribution >= 4 is 22.9 Å². The van der Waals surface area contributed by atoms with E-state index in [1.807, 2.05) is 5.43 Å². The Bertz CT molecular complexity index is 686. The Morgan fingerprint density at radius 2 is 2.33 bits per heavy atom. The summed E-state index contributed by atoms with van der Waals surface area (Å²) < 4.78 is 5.48. The molecule has 0 aliphatic carbocycles. The molecule has 2 aromatic rings. The number of thiazole rings is 1. The third-order valence-electron chi connectivity index (χ3n) is 2.63. The second-order valence-corrected chi connectivity index (χ2v) is 4.94. The molecule has 8 nitrogen and oxygen atoms in total. The summed E-state index contributed by atoms with van der Waals surface area (Å²) in [4.78, 5) is 25.8. The van der Waals surface area contributed by atoms with Crippen molar-refractivity contribution in [1.29, 1.82) is 0 Å². The van der Waals surface area contributed by atoms with E-state index in [9.17, 15) is 14.9 Å². The van der Waals surface area contributed by atoms with E-state index in [-0.39, 0.29) is 23.1 Å². The first kappa shape index (κ1) is 14.9. The van der Waals surface area contributed by atoms with E-state index in [0.29, 0.717) is 11.3 Å².